The van der Waals surface area contributed by atoms with Gasteiger partial charge in [0.05, 0.1) is 42.4 Å². The molecule has 5 aromatic heterocycles. The maximum atomic E-state index is 15.7. The zero-order chi connectivity index (χ0) is 99.0. The number of benzene rings is 2. The largest absolute Gasteiger partial charge is 0.481 e. The van der Waals surface area contributed by atoms with Crippen molar-refractivity contribution < 1.29 is 102 Å². The summed E-state index contributed by atoms with van der Waals surface area (Å²) < 4.78 is 0. The van der Waals surface area contributed by atoms with E-state index in [1.165, 1.54) is 77.6 Å². The normalized spacial score (nSPS) is 23.6. The number of aliphatic hydroxyl groups excluding tert-OH is 1. The fraction of sp³-hybridized carbons (Fsp3) is 0.462. The Morgan fingerprint density at radius 2 is 0.934 bits per heavy atom. The number of carboxylic acid groups (broad SMARTS) is 2. The van der Waals surface area contributed by atoms with Crippen LogP contribution < -0.4 is 70.0 Å². The van der Waals surface area contributed by atoms with Crippen molar-refractivity contribution in [2.24, 2.45) is 23.3 Å². The summed E-state index contributed by atoms with van der Waals surface area (Å²) in [6.07, 6.45) is 7.41. The Kier molecular flexibility index (Phi) is 37.0. The third kappa shape index (κ3) is 29.2. The molecule has 0 saturated carbocycles. The van der Waals surface area contributed by atoms with Crippen molar-refractivity contribution in [1.82, 2.24) is 103 Å². The molecule has 0 spiro atoms. The van der Waals surface area contributed by atoms with Crippen molar-refractivity contribution in [3.63, 3.8) is 0 Å². The number of hydrogen-bond acceptors (Lipinski definition) is 26. The van der Waals surface area contributed by atoms with Gasteiger partial charge < -0.3 is 115 Å². The molecule has 20 N–H and O–H groups in total. The maximum absolute atomic E-state index is 15.7. The molecule has 0 unspecified atom stereocenters. The van der Waals surface area contributed by atoms with E-state index in [9.17, 15) is 68.1 Å². The van der Waals surface area contributed by atoms with Gasteiger partial charge in [-0.15, -0.1) is 35.3 Å². The molecule has 43 nitrogen and oxygen atoms in total. The van der Waals surface area contributed by atoms with E-state index in [2.05, 4.69) is 83.4 Å². The van der Waals surface area contributed by atoms with Gasteiger partial charge in [-0.1, -0.05) is 64.1 Å². The average molecular weight is 1950 g/mol. The number of aliphatic hydroxyl groups is 1. The molecule has 0 radical (unpaired) electrons. The number of para-hydroxylation sites is 2. The molecular weight excluding hydrogens is 1830 g/mol. The third-order valence-electron chi connectivity index (χ3n) is 23.3. The van der Waals surface area contributed by atoms with Gasteiger partial charge in [0.1, 0.15) is 66.5 Å². The summed E-state index contributed by atoms with van der Waals surface area (Å²) in [5.74, 6) is -22.5. The van der Waals surface area contributed by atoms with Crippen LogP contribution in [0.2, 0.25) is 0 Å². The van der Waals surface area contributed by atoms with Crippen molar-refractivity contribution in [3.05, 3.63) is 161 Å². The molecule has 13 atom stereocenters. The fourth-order valence-electron chi connectivity index (χ4n) is 16.0. The second-order valence-electron chi connectivity index (χ2n) is 34.8. The molecule has 2 aromatic carbocycles. The molecule has 1 fully saturated rings. The number of nitrogens with two attached hydrogens (primary N) is 2. The molecular formula is C91H114N22O21S3. The monoisotopic (exact) mass is 1950 g/mol. The molecule has 1 saturated heterocycles. The van der Waals surface area contributed by atoms with Crippen LogP contribution in [0.1, 0.15) is 118 Å². The highest BCUT2D eigenvalue weighted by molar-refractivity contribution is 8.00. The lowest BCUT2D eigenvalue weighted by Gasteiger charge is -2.32. The van der Waals surface area contributed by atoms with Gasteiger partial charge in [-0.2, -0.15) is 0 Å². The van der Waals surface area contributed by atoms with Crippen LogP contribution in [0.25, 0.3) is 21.8 Å². The highest BCUT2D eigenvalue weighted by atomic mass is 32.2. The molecule has 16 amide bonds. The topological polar surface area (TPSA) is 636 Å². The summed E-state index contributed by atoms with van der Waals surface area (Å²) >= 11 is 2.60. The number of amides is 16. The second-order valence-corrected chi connectivity index (χ2v) is 37.9. The number of aromatic nitrogens is 5. The van der Waals surface area contributed by atoms with Crippen LogP contribution in [0, 0.1) is 11.8 Å². The molecule has 9 heterocycles. The summed E-state index contributed by atoms with van der Waals surface area (Å²) in [4.78, 5) is 287. The number of primary amides is 1. The molecule has 0 aliphatic carbocycles. The fourth-order valence-corrected chi connectivity index (χ4v) is 18.9. The summed E-state index contributed by atoms with van der Waals surface area (Å²) in [5.41, 5.74) is 16.8. The van der Waals surface area contributed by atoms with Crippen LogP contribution in [0.5, 0.6) is 0 Å². The predicted molar refractivity (Wildman–Crippen MR) is 502 cm³/mol. The van der Waals surface area contributed by atoms with Crippen LogP contribution in [-0.2, 0) is 138 Å². The van der Waals surface area contributed by atoms with Crippen LogP contribution >= 0.6 is 35.3 Å². The van der Waals surface area contributed by atoms with Crippen molar-refractivity contribution in [2.75, 3.05) is 47.6 Å². The first kappa shape index (κ1) is 104. The van der Waals surface area contributed by atoms with Gasteiger partial charge in [0.25, 0.3) is 0 Å². The van der Waals surface area contributed by atoms with E-state index in [4.69, 9.17) is 11.5 Å². The number of aliphatic carboxylic acids is 2. The van der Waals surface area contributed by atoms with Gasteiger partial charge in [0.2, 0.25) is 94.5 Å². The Hall–Kier alpha value is -13.6. The SMILES string of the molecule is CC(C)[C@@H]1NC(=O)[C@H](Cc2c[nH]c3ccccc23)NC(=O)[C@@H]2CSCC(=O)N3Cc4cncc(c4)CN(Cc4cncc(c4)CN(Cc4cncc(c4)C3)C(=O)CSC[C@H](NC(=O)[C@H](C)N)C(=O)N[C@@H]([C@@H](C)O)C(=O)N[C@@H](CCC(=O)O)C(=O)N2)C(=O)CSC[C@@H](C(N)=O)NC(=O)[C@@H]2CCCN2C(=O)[C@H](C(C)C)NC(=O)[C@H](Cc2c[nH]c3ccccc23)NC(=O)CNC(=O)[C@H](CC(=O)O)NC1=O. The third-order valence-corrected chi connectivity index (χ3v) is 26.4. The van der Waals surface area contributed by atoms with Gasteiger partial charge in [0, 0.05) is 154 Å². The van der Waals surface area contributed by atoms with E-state index in [0.29, 0.717) is 72.7 Å². The highest BCUT2D eigenvalue weighted by Crippen LogP contribution is 2.28. The number of carbonyl (C=O) groups excluding carboxylic acids is 16. The minimum Gasteiger partial charge on any atom is -0.481 e. The van der Waals surface area contributed by atoms with E-state index in [-0.39, 0.29) is 70.2 Å². The minimum atomic E-state index is -2.00. The number of fused-ring (bicyclic) bond motifs is 11. The molecule has 732 valence electrons. The Bertz CT molecular complexity index is 5660. The van der Waals surface area contributed by atoms with E-state index >= 15 is 33.6 Å². The summed E-state index contributed by atoms with van der Waals surface area (Å²) in [5, 5.41) is 60.9. The van der Waals surface area contributed by atoms with Crippen molar-refractivity contribution >= 4 is 164 Å². The molecule has 11 rings (SSSR count). The van der Waals surface area contributed by atoms with Crippen LogP contribution in [-0.4, -0.2) is 293 Å². The van der Waals surface area contributed by atoms with Crippen LogP contribution in [0.4, 0.5) is 0 Å². The number of carboxylic acids is 2. The molecule has 4 aliphatic rings. The van der Waals surface area contributed by atoms with Crippen LogP contribution in [0.15, 0.2) is 116 Å². The Morgan fingerprint density at radius 1 is 0.489 bits per heavy atom. The van der Waals surface area contributed by atoms with E-state index in [1.54, 1.807) is 93.0 Å². The smallest absolute Gasteiger partial charge is 0.305 e. The van der Waals surface area contributed by atoms with Gasteiger partial charge >= 0.3 is 11.9 Å². The van der Waals surface area contributed by atoms with Crippen LogP contribution in [0.3, 0.4) is 0 Å². The second kappa shape index (κ2) is 48.7. The lowest BCUT2D eigenvalue weighted by molar-refractivity contribution is -0.143. The standard InChI is InChI=1S/C91H114N22O21S3/c1-47(2)77-89(132)103-66(25-76(121)122)82(125)99-34-71(115)100-64(23-57-32-97-61-14-9-7-12-59(57)61)84(127)108-78(48(3)4)91(134)113-19-11-16-70(113)88(131)104-67(80(93)123)41-135-44-72(116)110-35-51-20-53(28-94-26-51)37-111-38-55-22-56(31-96-30-55)40-112(39-54-21-52(36-110)27-95-29-54)74(118)46-137-43-69(105-81(124)49(5)92)87(130)109-79(50(6)114)90(133)101-63(17-18-75(119)120)83(126)106-68(42-136-45-73(111)117)86(129)102-65(85(128)107-77)24-58-33-98-62-15-10-8-13-60(58)62/h7-10,12-15,20-22,26-33,47-50,63-70,77-79,97-98,114H,11,16-19,23-25,34-46,92H2,1-6H3,(H2,93,123)(H,99,125)(H,100,115)(H,101,133)(H,102,129)(H,103,132)(H,104,131)(H,105,124)(H,106,126)(H,107,128)(H,108,127)(H,109,130)(H,119,120)(H,121,122)/t49-,50+,63-,64-,65-,66-,67-,68-,69-,70-,77-,78-,79-/m0/s1. The summed E-state index contributed by atoms with van der Waals surface area (Å²) in [6.45, 7) is 6.68. The van der Waals surface area contributed by atoms with Crippen molar-refractivity contribution in [3.8, 4) is 0 Å². The first-order chi connectivity index (χ1) is 65.3. The molecule has 7 aromatic rings. The van der Waals surface area contributed by atoms with Gasteiger partial charge in [-0.05, 0) is 120 Å². The number of aromatic amines is 2. The van der Waals surface area contributed by atoms with Gasteiger partial charge in [-0.3, -0.25) is 101 Å². The van der Waals surface area contributed by atoms with Gasteiger partial charge in [-0.25, -0.2) is 0 Å². The zero-order valence-electron chi connectivity index (χ0n) is 76.2. The summed E-state index contributed by atoms with van der Waals surface area (Å²) in [7, 11) is 0. The maximum Gasteiger partial charge on any atom is 0.305 e. The Morgan fingerprint density at radius 3 is 1.41 bits per heavy atom. The zero-order valence-corrected chi connectivity index (χ0v) is 78.6. The number of hydrogen-bond donors (Lipinski definition) is 18. The number of nitrogens with one attached hydrogen (secondary N) is 13. The average Bonchev–Trinajstić information content (AvgIpc) is 1.69. The van der Waals surface area contributed by atoms with Gasteiger partial charge in [0.15, 0.2) is 0 Å². The predicted octanol–water partition coefficient (Wildman–Crippen LogP) is -1.73. The first-order valence-corrected chi connectivity index (χ1v) is 48.0. The number of carbonyl (C=O) groups is 18. The highest BCUT2D eigenvalue weighted by Gasteiger charge is 2.43. The molecule has 10 bridgehead atoms. The molecule has 137 heavy (non-hydrogen) atoms. The van der Waals surface area contributed by atoms with Crippen molar-refractivity contribution in [2.45, 2.75) is 204 Å². The summed E-state index contributed by atoms with van der Waals surface area (Å²) in [6, 6.07) is -0.683. The number of thioether (sulfide) groups is 3. The number of nitrogens with zero attached hydrogens (tertiary/aromatic N) is 7. The van der Waals surface area contributed by atoms with E-state index in [1.807, 2.05) is 0 Å². The molecule has 4 aliphatic heterocycles. The number of H-pyrrole nitrogens is 2. The quantitative estimate of drug-likeness (QED) is 0.0542. The Labute approximate surface area is 799 Å². The van der Waals surface area contributed by atoms with Crippen molar-refractivity contribution in [1.29, 1.82) is 0 Å². The lowest BCUT2D eigenvalue weighted by atomic mass is 9.99. The Balaban J connectivity index is 1.01. The van der Waals surface area contributed by atoms with E-state index < -0.39 is 252 Å². The number of pyridine rings is 3. The minimum absolute atomic E-state index is 0.0209. The first-order valence-electron chi connectivity index (χ1n) is 44.6. The number of rotatable bonds is 15. The lowest BCUT2D eigenvalue weighted by Crippen LogP contribution is -2.62. The molecule has 46 heteroatoms. The van der Waals surface area contributed by atoms with E-state index in [0.717, 1.165) is 42.2 Å².